The van der Waals surface area contributed by atoms with Crippen LogP contribution in [-0.2, 0) is 4.74 Å². The monoisotopic (exact) mass is 207 g/mol. The number of ether oxygens (including phenoxy) is 1. The SMILES string of the molecule is CCN(C)C1COCC1Br. The molecule has 1 saturated heterocycles. The molecule has 1 heterocycles. The van der Waals surface area contributed by atoms with E-state index in [1.807, 2.05) is 0 Å². The van der Waals surface area contributed by atoms with Gasteiger partial charge in [0.15, 0.2) is 0 Å². The van der Waals surface area contributed by atoms with Crippen molar-refractivity contribution in [2.75, 3.05) is 26.8 Å². The zero-order valence-corrected chi connectivity index (χ0v) is 8.10. The third kappa shape index (κ3) is 1.71. The molecular formula is C7H14BrNO. The molecule has 1 aliphatic rings. The predicted molar refractivity (Wildman–Crippen MR) is 45.6 cm³/mol. The van der Waals surface area contributed by atoms with Crippen LogP contribution in [0.5, 0.6) is 0 Å². The summed E-state index contributed by atoms with van der Waals surface area (Å²) in [5, 5.41) is 0. The largest absolute Gasteiger partial charge is 0.379 e. The van der Waals surface area contributed by atoms with Gasteiger partial charge in [0, 0.05) is 6.04 Å². The van der Waals surface area contributed by atoms with E-state index >= 15 is 0 Å². The van der Waals surface area contributed by atoms with E-state index in [0.717, 1.165) is 19.8 Å². The summed E-state index contributed by atoms with van der Waals surface area (Å²) in [6.07, 6.45) is 0. The van der Waals surface area contributed by atoms with Gasteiger partial charge in [0.05, 0.1) is 18.0 Å². The van der Waals surface area contributed by atoms with Gasteiger partial charge in [-0.15, -0.1) is 0 Å². The molecule has 0 saturated carbocycles. The average molecular weight is 208 g/mol. The van der Waals surface area contributed by atoms with Crippen LogP contribution in [0.2, 0.25) is 0 Å². The van der Waals surface area contributed by atoms with Crippen LogP contribution in [-0.4, -0.2) is 42.6 Å². The van der Waals surface area contributed by atoms with Crippen molar-refractivity contribution < 1.29 is 4.74 Å². The van der Waals surface area contributed by atoms with Crippen molar-refractivity contribution in [2.24, 2.45) is 0 Å². The maximum Gasteiger partial charge on any atom is 0.0634 e. The fourth-order valence-electron chi connectivity index (χ4n) is 1.15. The fourth-order valence-corrected chi connectivity index (χ4v) is 1.90. The predicted octanol–water partition coefficient (Wildman–Crippen LogP) is 1.10. The van der Waals surface area contributed by atoms with Gasteiger partial charge >= 0.3 is 0 Å². The Morgan fingerprint density at radius 1 is 1.60 bits per heavy atom. The molecule has 0 aliphatic carbocycles. The molecule has 3 heteroatoms. The topological polar surface area (TPSA) is 12.5 Å². The Labute approximate surface area is 70.7 Å². The first kappa shape index (κ1) is 8.50. The van der Waals surface area contributed by atoms with Gasteiger partial charge < -0.3 is 9.64 Å². The van der Waals surface area contributed by atoms with Crippen molar-refractivity contribution in [3.8, 4) is 0 Å². The molecule has 0 amide bonds. The number of alkyl halides is 1. The zero-order valence-electron chi connectivity index (χ0n) is 6.51. The van der Waals surface area contributed by atoms with Crippen LogP contribution in [0.3, 0.4) is 0 Å². The van der Waals surface area contributed by atoms with Gasteiger partial charge in [0.1, 0.15) is 0 Å². The molecule has 1 aliphatic heterocycles. The van der Waals surface area contributed by atoms with E-state index in [-0.39, 0.29) is 0 Å². The molecule has 60 valence electrons. The van der Waals surface area contributed by atoms with Gasteiger partial charge in [-0.05, 0) is 13.6 Å². The molecule has 0 N–H and O–H groups in total. The molecule has 0 aromatic carbocycles. The molecule has 0 bridgehead atoms. The number of likely N-dealkylation sites (N-methyl/N-ethyl adjacent to an activating group) is 1. The lowest BCUT2D eigenvalue weighted by Crippen LogP contribution is -2.37. The van der Waals surface area contributed by atoms with E-state index in [0.29, 0.717) is 10.9 Å². The normalized spacial score (nSPS) is 33.6. The molecule has 0 radical (unpaired) electrons. The van der Waals surface area contributed by atoms with Crippen molar-refractivity contribution in [2.45, 2.75) is 17.8 Å². The molecule has 2 nitrogen and oxygen atoms in total. The third-order valence-corrected chi connectivity index (χ3v) is 2.92. The average Bonchev–Trinajstić information content (AvgIpc) is 2.34. The van der Waals surface area contributed by atoms with Gasteiger partial charge in [0.25, 0.3) is 0 Å². The summed E-state index contributed by atoms with van der Waals surface area (Å²) in [6, 6.07) is 0.574. The number of nitrogens with zero attached hydrogens (tertiary/aromatic N) is 1. The molecule has 2 atom stereocenters. The summed E-state index contributed by atoms with van der Waals surface area (Å²) in [7, 11) is 2.13. The van der Waals surface area contributed by atoms with Gasteiger partial charge in [-0.25, -0.2) is 0 Å². The lowest BCUT2D eigenvalue weighted by molar-refractivity contribution is 0.162. The number of hydrogen-bond acceptors (Lipinski definition) is 2. The summed E-state index contributed by atoms with van der Waals surface area (Å²) >= 11 is 3.58. The maximum atomic E-state index is 5.30. The Hall–Kier alpha value is 0.400. The lowest BCUT2D eigenvalue weighted by atomic mass is 10.2. The molecule has 10 heavy (non-hydrogen) atoms. The Morgan fingerprint density at radius 2 is 2.30 bits per heavy atom. The van der Waals surface area contributed by atoms with E-state index in [1.165, 1.54) is 0 Å². The summed E-state index contributed by atoms with van der Waals surface area (Å²) in [5.74, 6) is 0. The number of halogens is 1. The highest BCUT2D eigenvalue weighted by Crippen LogP contribution is 2.18. The lowest BCUT2D eigenvalue weighted by Gasteiger charge is -2.23. The molecule has 0 spiro atoms. The highest BCUT2D eigenvalue weighted by molar-refractivity contribution is 9.09. The number of rotatable bonds is 2. The standard InChI is InChI=1S/C7H14BrNO/c1-3-9(2)7-5-10-4-6(7)8/h6-7H,3-5H2,1-2H3. The fraction of sp³-hybridized carbons (Fsp3) is 1.00. The van der Waals surface area contributed by atoms with Crippen LogP contribution >= 0.6 is 15.9 Å². The van der Waals surface area contributed by atoms with E-state index in [9.17, 15) is 0 Å². The van der Waals surface area contributed by atoms with E-state index < -0.39 is 0 Å². The summed E-state index contributed by atoms with van der Waals surface area (Å²) < 4.78 is 5.30. The van der Waals surface area contributed by atoms with Crippen molar-refractivity contribution >= 4 is 15.9 Å². The van der Waals surface area contributed by atoms with Crippen LogP contribution < -0.4 is 0 Å². The van der Waals surface area contributed by atoms with Crippen LogP contribution in [0.25, 0.3) is 0 Å². The highest BCUT2D eigenvalue weighted by atomic mass is 79.9. The van der Waals surface area contributed by atoms with Crippen LogP contribution in [0.1, 0.15) is 6.92 Å². The van der Waals surface area contributed by atoms with Crippen LogP contribution in [0.4, 0.5) is 0 Å². The second-order valence-electron chi connectivity index (χ2n) is 2.69. The van der Waals surface area contributed by atoms with Crippen molar-refractivity contribution in [1.29, 1.82) is 0 Å². The Kier molecular flexibility index (Phi) is 3.14. The Balaban J connectivity index is 2.38. The summed E-state index contributed by atoms with van der Waals surface area (Å²) in [4.78, 5) is 2.84. The van der Waals surface area contributed by atoms with E-state index in [2.05, 4.69) is 34.8 Å². The van der Waals surface area contributed by atoms with Crippen molar-refractivity contribution in [3.05, 3.63) is 0 Å². The molecule has 0 aromatic rings. The van der Waals surface area contributed by atoms with Crippen molar-refractivity contribution in [1.82, 2.24) is 4.90 Å². The quantitative estimate of drug-likeness (QED) is 0.630. The molecule has 1 fully saturated rings. The Morgan fingerprint density at radius 3 is 2.70 bits per heavy atom. The van der Waals surface area contributed by atoms with Gasteiger partial charge in [-0.3, -0.25) is 0 Å². The van der Waals surface area contributed by atoms with E-state index in [4.69, 9.17) is 4.74 Å². The minimum Gasteiger partial charge on any atom is -0.379 e. The van der Waals surface area contributed by atoms with E-state index in [1.54, 1.807) is 0 Å². The highest BCUT2D eigenvalue weighted by Gasteiger charge is 2.28. The molecule has 2 unspecified atom stereocenters. The molecular weight excluding hydrogens is 194 g/mol. The first-order chi connectivity index (χ1) is 4.75. The van der Waals surface area contributed by atoms with Crippen molar-refractivity contribution in [3.63, 3.8) is 0 Å². The van der Waals surface area contributed by atoms with Crippen LogP contribution in [0.15, 0.2) is 0 Å². The Bertz CT molecular complexity index is 110. The summed E-state index contributed by atoms with van der Waals surface area (Å²) in [6.45, 7) is 4.99. The van der Waals surface area contributed by atoms with Gasteiger partial charge in [-0.1, -0.05) is 22.9 Å². The maximum absolute atomic E-state index is 5.30. The first-order valence-electron chi connectivity index (χ1n) is 3.67. The second kappa shape index (κ2) is 3.69. The van der Waals surface area contributed by atoms with Gasteiger partial charge in [0.2, 0.25) is 0 Å². The molecule has 0 aromatic heterocycles. The summed E-state index contributed by atoms with van der Waals surface area (Å²) in [5.41, 5.74) is 0. The number of hydrogen-bond donors (Lipinski definition) is 0. The third-order valence-electron chi connectivity index (χ3n) is 2.05. The second-order valence-corrected chi connectivity index (χ2v) is 3.87. The molecule has 1 rings (SSSR count). The smallest absolute Gasteiger partial charge is 0.0634 e. The van der Waals surface area contributed by atoms with Gasteiger partial charge in [-0.2, -0.15) is 0 Å². The van der Waals surface area contributed by atoms with Crippen LogP contribution in [0, 0.1) is 0 Å². The minimum atomic E-state index is 0.525. The minimum absolute atomic E-state index is 0.525. The zero-order chi connectivity index (χ0) is 7.56. The first-order valence-corrected chi connectivity index (χ1v) is 4.59.